The molecule has 0 aromatic heterocycles. The van der Waals surface area contributed by atoms with Crippen molar-refractivity contribution in [3.63, 3.8) is 0 Å². The van der Waals surface area contributed by atoms with Crippen LogP contribution < -0.4 is 4.90 Å². The number of likely N-dealkylation sites (tertiary alicyclic amines) is 1. The van der Waals surface area contributed by atoms with E-state index in [1.165, 1.54) is 13.2 Å². The molecule has 4 rings (SSSR count). The maximum Gasteiger partial charge on any atom is 0.416 e. The van der Waals surface area contributed by atoms with Crippen LogP contribution in [0.15, 0.2) is 42.5 Å². The summed E-state index contributed by atoms with van der Waals surface area (Å²) in [6.45, 7) is 4.79. The molecule has 6 nitrogen and oxygen atoms in total. The number of carbonyl (C=O) groups excluding carboxylic acids is 2. The summed E-state index contributed by atoms with van der Waals surface area (Å²) in [5.74, 6) is -1.02. The van der Waals surface area contributed by atoms with Gasteiger partial charge in [0.2, 0.25) is 5.91 Å². The fourth-order valence-electron chi connectivity index (χ4n) is 5.19. The predicted molar refractivity (Wildman–Crippen MR) is 139 cm³/mol. The number of ether oxygens (including phenoxy) is 1. The minimum Gasteiger partial charge on any atom is -0.467 e. The Labute approximate surface area is 225 Å². The quantitative estimate of drug-likeness (QED) is 0.414. The van der Waals surface area contributed by atoms with Crippen molar-refractivity contribution in [1.82, 2.24) is 4.90 Å². The molecule has 2 unspecified atom stereocenters. The topological polar surface area (TPSA) is 73.6 Å². The Bertz CT molecular complexity index is 1190. The maximum atomic E-state index is 13.7. The van der Waals surface area contributed by atoms with Crippen molar-refractivity contribution in [2.45, 2.75) is 57.8 Å². The average Bonchev–Trinajstić information content (AvgIpc) is 3.37. The van der Waals surface area contributed by atoms with E-state index in [1.54, 1.807) is 17.0 Å². The lowest BCUT2D eigenvalue weighted by Crippen LogP contribution is -2.48. The maximum absolute atomic E-state index is 13.7. The number of nitrogens with zero attached hydrogens (tertiary/aromatic N) is 3. The number of halogens is 4. The average molecular weight is 550 g/mol. The Morgan fingerprint density at radius 1 is 1.05 bits per heavy atom. The number of piperidine rings is 1. The molecule has 2 aliphatic rings. The Morgan fingerprint density at radius 3 is 2.29 bits per heavy atom. The summed E-state index contributed by atoms with van der Waals surface area (Å²) in [5, 5.41) is 9.95. The van der Waals surface area contributed by atoms with Gasteiger partial charge in [0.15, 0.2) is 0 Å². The Morgan fingerprint density at radius 2 is 1.71 bits per heavy atom. The van der Waals surface area contributed by atoms with Crippen LogP contribution in [0.4, 0.5) is 18.9 Å². The van der Waals surface area contributed by atoms with Gasteiger partial charge in [-0.1, -0.05) is 43.6 Å². The molecule has 0 spiro atoms. The largest absolute Gasteiger partial charge is 0.467 e. The second kappa shape index (κ2) is 12.5. The van der Waals surface area contributed by atoms with E-state index in [0.29, 0.717) is 49.5 Å². The minimum absolute atomic E-state index is 0.0568. The zero-order valence-electron chi connectivity index (χ0n) is 21.6. The van der Waals surface area contributed by atoms with Crippen molar-refractivity contribution in [1.29, 1.82) is 5.26 Å². The highest BCUT2D eigenvalue weighted by molar-refractivity contribution is 6.31. The first kappa shape index (κ1) is 29.3. The van der Waals surface area contributed by atoms with Crippen LogP contribution in [0.3, 0.4) is 0 Å². The molecule has 2 atom stereocenters. The van der Waals surface area contributed by atoms with Crippen molar-refractivity contribution < 1.29 is 27.5 Å². The highest BCUT2D eigenvalue weighted by Gasteiger charge is 2.45. The first-order chi connectivity index (χ1) is 18.2. The summed E-state index contributed by atoms with van der Waals surface area (Å²) < 4.78 is 44.1. The van der Waals surface area contributed by atoms with Crippen LogP contribution in [-0.2, 0) is 20.5 Å². The van der Waals surface area contributed by atoms with Gasteiger partial charge in [-0.05, 0) is 55.5 Å². The van der Waals surface area contributed by atoms with E-state index in [1.807, 2.05) is 36.9 Å². The molecule has 2 aromatic rings. The molecule has 38 heavy (non-hydrogen) atoms. The van der Waals surface area contributed by atoms with Crippen molar-refractivity contribution in [2.75, 3.05) is 25.1 Å². The first-order valence-corrected chi connectivity index (χ1v) is 13.0. The lowest BCUT2D eigenvalue weighted by atomic mass is 9.93. The Hall–Kier alpha value is -3.25. The Kier molecular flexibility index (Phi) is 9.66. The van der Waals surface area contributed by atoms with E-state index in [4.69, 9.17) is 16.3 Å². The Balaban J connectivity index is 0.00000195. The highest BCUT2D eigenvalue weighted by atomic mass is 35.5. The zero-order chi connectivity index (χ0) is 28.0. The number of rotatable bonds is 4. The van der Waals surface area contributed by atoms with Gasteiger partial charge in [-0.2, -0.15) is 18.4 Å². The number of amides is 1. The van der Waals surface area contributed by atoms with Crippen molar-refractivity contribution >= 4 is 29.2 Å². The minimum atomic E-state index is -4.53. The zero-order valence-corrected chi connectivity index (χ0v) is 22.4. The normalized spacial score (nSPS) is 19.8. The molecule has 0 saturated carbocycles. The van der Waals surface area contributed by atoms with Crippen LogP contribution in [0.5, 0.6) is 0 Å². The lowest BCUT2D eigenvalue weighted by molar-refractivity contribution is -0.154. The smallest absolute Gasteiger partial charge is 0.416 e. The van der Waals surface area contributed by atoms with Gasteiger partial charge in [-0.3, -0.25) is 4.79 Å². The van der Waals surface area contributed by atoms with E-state index in [0.717, 1.165) is 17.7 Å². The molecular formula is C28H31ClF3N3O3. The number of methoxy groups -OCH3 is 1. The van der Waals surface area contributed by atoms with Crippen LogP contribution in [0.2, 0.25) is 5.02 Å². The molecule has 2 saturated heterocycles. The molecule has 0 N–H and O–H groups in total. The summed E-state index contributed by atoms with van der Waals surface area (Å²) in [5.41, 5.74) is 0.263. The van der Waals surface area contributed by atoms with Crippen LogP contribution in [-0.4, -0.2) is 43.0 Å². The van der Waals surface area contributed by atoms with E-state index < -0.39 is 23.8 Å². The monoisotopic (exact) mass is 549 g/mol. The molecule has 204 valence electrons. The van der Waals surface area contributed by atoms with Crippen molar-refractivity contribution in [3.8, 4) is 6.07 Å². The van der Waals surface area contributed by atoms with Crippen LogP contribution >= 0.6 is 11.6 Å². The van der Waals surface area contributed by atoms with Gasteiger partial charge in [-0.15, -0.1) is 0 Å². The molecule has 0 radical (unpaired) electrons. The summed E-state index contributed by atoms with van der Waals surface area (Å²) in [6.07, 6.45) is -2.63. The van der Waals surface area contributed by atoms with Gasteiger partial charge < -0.3 is 14.5 Å². The van der Waals surface area contributed by atoms with Gasteiger partial charge in [0.1, 0.15) is 12.1 Å². The number of nitriles is 1. The van der Waals surface area contributed by atoms with Gasteiger partial charge in [0.05, 0.1) is 30.0 Å². The fourth-order valence-corrected chi connectivity index (χ4v) is 5.45. The number of carbonyl (C=O) groups is 2. The first-order valence-electron chi connectivity index (χ1n) is 12.7. The number of hydrogen-bond donors (Lipinski definition) is 0. The third-order valence-electron chi connectivity index (χ3n) is 7.01. The molecule has 1 amide bonds. The molecule has 2 aliphatic heterocycles. The van der Waals surface area contributed by atoms with Gasteiger partial charge in [-0.25, -0.2) is 4.79 Å². The second-order valence-electron chi connectivity index (χ2n) is 9.00. The predicted octanol–water partition coefficient (Wildman–Crippen LogP) is 6.38. The SMILES string of the molecule is CC.COC(=O)C1CCC(c2ccccc2Cl)N1C(=O)C1CCN(c2ccc(C(F)(F)F)cc2C#N)CC1. The van der Waals surface area contributed by atoms with Gasteiger partial charge in [0, 0.05) is 24.0 Å². The van der Waals surface area contributed by atoms with Gasteiger partial charge >= 0.3 is 12.1 Å². The van der Waals surface area contributed by atoms with Crippen LogP contribution in [0.25, 0.3) is 0 Å². The molecule has 0 bridgehead atoms. The number of anilines is 1. The number of benzene rings is 2. The standard InChI is InChI=1S/C26H25ClF3N3O3.C2H6/c1-36-25(35)23-9-8-22(19-4-2-3-5-20(19)27)33(23)24(34)16-10-12-32(13-11-16)21-7-6-18(26(28,29)30)14-17(21)15-31;1-2/h2-7,14,16,22-23H,8-13H2,1H3;1-2H3. The molecule has 10 heteroatoms. The molecule has 2 aromatic carbocycles. The number of esters is 1. The molecule has 2 heterocycles. The van der Waals surface area contributed by atoms with Crippen LogP contribution in [0, 0.1) is 17.2 Å². The summed E-state index contributed by atoms with van der Waals surface area (Å²) in [6, 6.07) is 11.2. The summed E-state index contributed by atoms with van der Waals surface area (Å²) >= 11 is 6.42. The lowest BCUT2D eigenvalue weighted by Gasteiger charge is -2.38. The van der Waals surface area contributed by atoms with E-state index in [2.05, 4.69) is 0 Å². The fraction of sp³-hybridized carbons (Fsp3) is 0.464. The third-order valence-corrected chi connectivity index (χ3v) is 7.35. The molecule has 0 aliphatic carbocycles. The van der Waals surface area contributed by atoms with Crippen molar-refractivity contribution in [2.24, 2.45) is 5.92 Å². The number of hydrogen-bond acceptors (Lipinski definition) is 5. The molecule has 2 fully saturated rings. The van der Waals surface area contributed by atoms with E-state index >= 15 is 0 Å². The summed E-state index contributed by atoms with van der Waals surface area (Å²) in [4.78, 5) is 29.7. The summed E-state index contributed by atoms with van der Waals surface area (Å²) in [7, 11) is 1.29. The van der Waals surface area contributed by atoms with Gasteiger partial charge in [0.25, 0.3) is 0 Å². The van der Waals surface area contributed by atoms with Crippen molar-refractivity contribution in [3.05, 3.63) is 64.2 Å². The van der Waals surface area contributed by atoms with E-state index in [9.17, 15) is 28.0 Å². The number of alkyl halides is 3. The molecular weight excluding hydrogens is 519 g/mol. The highest BCUT2D eigenvalue weighted by Crippen LogP contribution is 2.41. The van der Waals surface area contributed by atoms with Crippen LogP contribution in [0.1, 0.15) is 62.3 Å². The van der Waals surface area contributed by atoms with E-state index in [-0.39, 0.29) is 23.4 Å². The second-order valence-corrected chi connectivity index (χ2v) is 9.41. The third kappa shape index (κ3) is 6.07.